The van der Waals surface area contributed by atoms with Gasteiger partial charge in [0.05, 0.1) is 17.6 Å². The SMILES string of the molecule is COC(=O)c1ccc(F)cc1S(=O)(=O)NCc1ccccc1F. The lowest BCUT2D eigenvalue weighted by molar-refractivity contribution is 0.0596. The fourth-order valence-electron chi connectivity index (χ4n) is 1.89. The molecule has 23 heavy (non-hydrogen) atoms. The molecular formula is C15H13F2NO4S. The molecular weight excluding hydrogens is 328 g/mol. The summed E-state index contributed by atoms with van der Waals surface area (Å²) in [4.78, 5) is 11.1. The summed E-state index contributed by atoms with van der Waals surface area (Å²) in [6.45, 7) is -0.341. The summed E-state index contributed by atoms with van der Waals surface area (Å²) in [6, 6.07) is 8.28. The lowest BCUT2D eigenvalue weighted by atomic mass is 10.2. The Morgan fingerprint density at radius 1 is 1.17 bits per heavy atom. The molecule has 0 aromatic heterocycles. The maximum atomic E-state index is 13.5. The van der Waals surface area contributed by atoms with E-state index in [0.717, 1.165) is 19.2 Å². The zero-order chi connectivity index (χ0) is 17.0. The van der Waals surface area contributed by atoms with Crippen molar-refractivity contribution in [2.45, 2.75) is 11.4 Å². The van der Waals surface area contributed by atoms with Crippen LogP contribution in [0.2, 0.25) is 0 Å². The van der Waals surface area contributed by atoms with E-state index in [1.807, 2.05) is 0 Å². The Morgan fingerprint density at radius 3 is 2.52 bits per heavy atom. The molecule has 122 valence electrons. The van der Waals surface area contributed by atoms with Crippen LogP contribution in [0.1, 0.15) is 15.9 Å². The van der Waals surface area contributed by atoms with E-state index in [-0.39, 0.29) is 17.7 Å². The van der Waals surface area contributed by atoms with Crippen LogP contribution < -0.4 is 4.72 Å². The van der Waals surface area contributed by atoms with Crippen molar-refractivity contribution >= 4 is 16.0 Å². The second kappa shape index (κ2) is 6.84. The van der Waals surface area contributed by atoms with Crippen LogP contribution in [0.25, 0.3) is 0 Å². The Balaban J connectivity index is 2.34. The van der Waals surface area contributed by atoms with Crippen LogP contribution in [0.5, 0.6) is 0 Å². The van der Waals surface area contributed by atoms with Crippen LogP contribution in [0.4, 0.5) is 8.78 Å². The zero-order valence-corrected chi connectivity index (χ0v) is 12.9. The van der Waals surface area contributed by atoms with Crippen molar-refractivity contribution in [3.05, 3.63) is 65.2 Å². The molecule has 0 bridgehead atoms. The standard InChI is InChI=1S/C15H13F2NO4S/c1-22-15(19)12-7-6-11(16)8-14(12)23(20,21)18-9-10-4-2-3-5-13(10)17/h2-8,18H,9H2,1H3. The molecule has 0 fully saturated rings. The number of nitrogens with one attached hydrogen (secondary N) is 1. The number of carbonyl (C=O) groups is 1. The number of benzene rings is 2. The Bertz CT molecular complexity index is 837. The molecule has 2 rings (SSSR count). The minimum Gasteiger partial charge on any atom is -0.465 e. The summed E-state index contributed by atoms with van der Waals surface area (Å²) < 4.78 is 58.1. The minimum atomic E-state index is -4.24. The molecule has 0 spiro atoms. The maximum Gasteiger partial charge on any atom is 0.339 e. The van der Waals surface area contributed by atoms with E-state index in [1.165, 1.54) is 18.2 Å². The average molecular weight is 341 g/mol. The molecule has 0 saturated heterocycles. The molecule has 0 aliphatic carbocycles. The van der Waals surface area contributed by atoms with Crippen LogP contribution in [0, 0.1) is 11.6 Å². The van der Waals surface area contributed by atoms with Gasteiger partial charge >= 0.3 is 5.97 Å². The first-order chi connectivity index (χ1) is 10.8. The first-order valence-electron chi connectivity index (χ1n) is 6.46. The summed E-state index contributed by atoms with van der Waals surface area (Å²) in [5.74, 6) is -2.33. The van der Waals surface area contributed by atoms with E-state index in [2.05, 4.69) is 9.46 Å². The summed E-state index contributed by atoms with van der Waals surface area (Å²) >= 11 is 0. The lowest BCUT2D eigenvalue weighted by Crippen LogP contribution is -2.26. The average Bonchev–Trinajstić information content (AvgIpc) is 2.53. The second-order valence-electron chi connectivity index (χ2n) is 4.55. The molecule has 0 radical (unpaired) electrons. The minimum absolute atomic E-state index is 0.118. The normalized spacial score (nSPS) is 11.3. The summed E-state index contributed by atoms with van der Waals surface area (Å²) in [5, 5.41) is 0. The van der Waals surface area contributed by atoms with Gasteiger partial charge < -0.3 is 4.74 Å². The van der Waals surface area contributed by atoms with Crippen LogP contribution in [-0.2, 0) is 21.3 Å². The molecule has 0 aliphatic rings. The van der Waals surface area contributed by atoms with Crippen molar-refractivity contribution in [1.82, 2.24) is 4.72 Å². The summed E-state index contributed by atoms with van der Waals surface area (Å²) in [7, 11) is -3.16. The van der Waals surface area contributed by atoms with Gasteiger partial charge in [0.15, 0.2) is 0 Å². The van der Waals surface area contributed by atoms with Crippen molar-refractivity contribution in [3.63, 3.8) is 0 Å². The van der Waals surface area contributed by atoms with E-state index < -0.39 is 32.5 Å². The Morgan fingerprint density at radius 2 is 1.87 bits per heavy atom. The molecule has 2 aromatic carbocycles. The number of sulfonamides is 1. The largest absolute Gasteiger partial charge is 0.465 e. The third-order valence-corrected chi connectivity index (χ3v) is 4.49. The van der Waals surface area contributed by atoms with Gasteiger partial charge in [0.2, 0.25) is 10.0 Å². The highest BCUT2D eigenvalue weighted by Crippen LogP contribution is 2.19. The fourth-order valence-corrected chi connectivity index (χ4v) is 3.10. The van der Waals surface area contributed by atoms with Gasteiger partial charge in [-0.3, -0.25) is 0 Å². The number of halogens is 2. The van der Waals surface area contributed by atoms with Crippen LogP contribution in [0.3, 0.4) is 0 Å². The highest BCUT2D eigenvalue weighted by molar-refractivity contribution is 7.89. The number of hydrogen-bond acceptors (Lipinski definition) is 4. The molecule has 5 nitrogen and oxygen atoms in total. The highest BCUT2D eigenvalue weighted by atomic mass is 32.2. The molecule has 0 aliphatic heterocycles. The molecule has 0 amide bonds. The lowest BCUT2D eigenvalue weighted by Gasteiger charge is -2.11. The molecule has 0 saturated carbocycles. The van der Waals surface area contributed by atoms with Gasteiger partial charge in [-0.2, -0.15) is 0 Å². The van der Waals surface area contributed by atoms with Crippen molar-refractivity contribution < 1.29 is 26.7 Å². The molecule has 0 heterocycles. The van der Waals surface area contributed by atoms with Gasteiger partial charge in [-0.05, 0) is 24.3 Å². The van der Waals surface area contributed by atoms with E-state index >= 15 is 0 Å². The topological polar surface area (TPSA) is 72.5 Å². The van der Waals surface area contributed by atoms with Crippen molar-refractivity contribution in [3.8, 4) is 0 Å². The monoisotopic (exact) mass is 341 g/mol. The van der Waals surface area contributed by atoms with E-state index in [0.29, 0.717) is 6.07 Å². The Kier molecular flexibility index (Phi) is 5.07. The van der Waals surface area contributed by atoms with Gasteiger partial charge in [0, 0.05) is 12.1 Å². The molecule has 2 aromatic rings. The van der Waals surface area contributed by atoms with Gasteiger partial charge in [-0.1, -0.05) is 18.2 Å². The predicted octanol–water partition coefficient (Wildman–Crippen LogP) is 2.23. The summed E-state index contributed by atoms with van der Waals surface area (Å²) in [6.07, 6.45) is 0. The van der Waals surface area contributed by atoms with Gasteiger partial charge in [0.25, 0.3) is 0 Å². The number of esters is 1. The van der Waals surface area contributed by atoms with Gasteiger partial charge in [-0.15, -0.1) is 0 Å². The smallest absolute Gasteiger partial charge is 0.339 e. The number of ether oxygens (including phenoxy) is 1. The molecule has 0 atom stereocenters. The van der Waals surface area contributed by atoms with Gasteiger partial charge in [-0.25, -0.2) is 26.7 Å². The maximum absolute atomic E-state index is 13.5. The zero-order valence-electron chi connectivity index (χ0n) is 12.0. The Labute approximate surface area is 132 Å². The van der Waals surface area contributed by atoms with E-state index in [4.69, 9.17) is 0 Å². The molecule has 0 unspecified atom stereocenters. The second-order valence-corrected chi connectivity index (χ2v) is 6.28. The van der Waals surface area contributed by atoms with Crippen molar-refractivity contribution in [2.75, 3.05) is 7.11 Å². The first kappa shape index (κ1) is 17.0. The van der Waals surface area contributed by atoms with Crippen molar-refractivity contribution in [1.29, 1.82) is 0 Å². The molecule has 1 N–H and O–H groups in total. The van der Waals surface area contributed by atoms with E-state index in [9.17, 15) is 22.0 Å². The van der Waals surface area contributed by atoms with Crippen LogP contribution in [-0.4, -0.2) is 21.5 Å². The van der Waals surface area contributed by atoms with E-state index in [1.54, 1.807) is 6.07 Å². The summed E-state index contributed by atoms with van der Waals surface area (Å²) in [5.41, 5.74) is -0.193. The third kappa shape index (κ3) is 3.91. The number of carbonyl (C=O) groups excluding carboxylic acids is 1. The molecule has 8 heteroatoms. The number of methoxy groups -OCH3 is 1. The quantitative estimate of drug-likeness (QED) is 0.847. The Hall–Kier alpha value is -2.32. The first-order valence-corrected chi connectivity index (χ1v) is 7.94. The van der Waals surface area contributed by atoms with Crippen LogP contribution in [0.15, 0.2) is 47.4 Å². The third-order valence-electron chi connectivity index (χ3n) is 3.05. The predicted molar refractivity (Wildman–Crippen MR) is 78.2 cm³/mol. The van der Waals surface area contributed by atoms with Gasteiger partial charge in [0.1, 0.15) is 11.6 Å². The van der Waals surface area contributed by atoms with Crippen molar-refractivity contribution in [2.24, 2.45) is 0 Å². The van der Waals surface area contributed by atoms with Crippen LogP contribution >= 0.6 is 0 Å². The number of hydrogen-bond donors (Lipinski definition) is 1. The number of rotatable bonds is 5. The highest BCUT2D eigenvalue weighted by Gasteiger charge is 2.24. The fraction of sp³-hybridized carbons (Fsp3) is 0.133.